The van der Waals surface area contributed by atoms with Gasteiger partial charge in [0.25, 0.3) is 5.91 Å². The number of nitrogens with zero attached hydrogens (tertiary/aromatic N) is 1. The predicted molar refractivity (Wildman–Crippen MR) is 86.1 cm³/mol. The molecule has 0 saturated heterocycles. The SMILES string of the molecule is O=C(CCOc1ccccc1)NCCNC(=O)c1ccncc1. The first kappa shape index (κ1) is 16.5. The number of pyridine rings is 1. The molecule has 0 aliphatic rings. The van der Waals surface area contributed by atoms with Gasteiger partial charge in [-0.05, 0) is 24.3 Å². The molecule has 1 heterocycles. The van der Waals surface area contributed by atoms with Crippen molar-refractivity contribution in [2.24, 2.45) is 0 Å². The van der Waals surface area contributed by atoms with Crippen LogP contribution in [-0.4, -0.2) is 36.5 Å². The lowest BCUT2D eigenvalue weighted by Gasteiger charge is -2.08. The molecule has 0 aliphatic carbocycles. The van der Waals surface area contributed by atoms with Crippen LogP contribution in [0.15, 0.2) is 54.9 Å². The van der Waals surface area contributed by atoms with Gasteiger partial charge in [-0.1, -0.05) is 18.2 Å². The van der Waals surface area contributed by atoms with Crippen molar-refractivity contribution >= 4 is 11.8 Å². The number of hydrogen-bond acceptors (Lipinski definition) is 4. The van der Waals surface area contributed by atoms with Gasteiger partial charge in [0.1, 0.15) is 5.75 Å². The van der Waals surface area contributed by atoms with Crippen LogP contribution < -0.4 is 15.4 Å². The van der Waals surface area contributed by atoms with Gasteiger partial charge in [0.05, 0.1) is 13.0 Å². The Bertz CT molecular complexity index is 617. The van der Waals surface area contributed by atoms with Gasteiger partial charge >= 0.3 is 0 Å². The van der Waals surface area contributed by atoms with Crippen LogP contribution in [-0.2, 0) is 4.79 Å². The van der Waals surface area contributed by atoms with Gasteiger partial charge in [0, 0.05) is 31.0 Å². The van der Waals surface area contributed by atoms with E-state index in [9.17, 15) is 9.59 Å². The van der Waals surface area contributed by atoms with Crippen molar-refractivity contribution < 1.29 is 14.3 Å². The van der Waals surface area contributed by atoms with Crippen LogP contribution in [0.3, 0.4) is 0 Å². The molecule has 0 fully saturated rings. The quantitative estimate of drug-likeness (QED) is 0.722. The summed E-state index contributed by atoms with van der Waals surface area (Å²) in [4.78, 5) is 27.2. The maximum absolute atomic E-state index is 11.7. The van der Waals surface area contributed by atoms with E-state index in [4.69, 9.17) is 4.74 Å². The average molecular weight is 313 g/mol. The summed E-state index contributed by atoms with van der Waals surface area (Å²) in [5.41, 5.74) is 0.544. The number of carbonyl (C=O) groups excluding carboxylic acids is 2. The Hall–Kier alpha value is -2.89. The van der Waals surface area contributed by atoms with Crippen molar-refractivity contribution in [3.05, 3.63) is 60.4 Å². The molecular weight excluding hydrogens is 294 g/mol. The Morgan fingerprint density at radius 1 is 0.957 bits per heavy atom. The summed E-state index contributed by atoms with van der Waals surface area (Å²) in [7, 11) is 0. The second-order valence-corrected chi connectivity index (χ2v) is 4.75. The first-order valence-corrected chi connectivity index (χ1v) is 7.38. The highest BCUT2D eigenvalue weighted by atomic mass is 16.5. The van der Waals surface area contributed by atoms with Crippen LogP contribution in [0, 0.1) is 0 Å². The first-order chi connectivity index (χ1) is 11.3. The molecule has 0 aliphatic heterocycles. The number of para-hydroxylation sites is 1. The minimum absolute atomic E-state index is 0.112. The third-order valence-electron chi connectivity index (χ3n) is 3.02. The molecule has 0 atom stereocenters. The van der Waals surface area contributed by atoms with E-state index in [2.05, 4.69) is 15.6 Å². The highest BCUT2D eigenvalue weighted by Gasteiger charge is 2.05. The summed E-state index contributed by atoms with van der Waals surface area (Å²) in [6.45, 7) is 1.06. The molecule has 0 bridgehead atoms. The normalized spacial score (nSPS) is 9.91. The van der Waals surface area contributed by atoms with Gasteiger partial charge in [-0.3, -0.25) is 14.6 Å². The predicted octanol–water partition coefficient (Wildman–Crippen LogP) is 1.40. The minimum Gasteiger partial charge on any atom is -0.493 e. The molecule has 6 nitrogen and oxygen atoms in total. The zero-order valence-corrected chi connectivity index (χ0v) is 12.7. The molecule has 0 saturated carbocycles. The van der Waals surface area contributed by atoms with Crippen molar-refractivity contribution in [3.8, 4) is 5.75 Å². The topological polar surface area (TPSA) is 80.3 Å². The summed E-state index contributed by atoms with van der Waals surface area (Å²) < 4.78 is 5.44. The Balaban J connectivity index is 1.55. The molecule has 2 N–H and O–H groups in total. The number of amides is 2. The fraction of sp³-hybridized carbons (Fsp3) is 0.235. The molecular formula is C17H19N3O3. The van der Waals surface area contributed by atoms with Gasteiger partial charge in [0.2, 0.25) is 5.91 Å². The van der Waals surface area contributed by atoms with E-state index < -0.39 is 0 Å². The van der Waals surface area contributed by atoms with Gasteiger partial charge in [0.15, 0.2) is 0 Å². The van der Waals surface area contributed by atoms with Gasteiger partial charge in [-0.2, -0.15) is 0 Å². The molecule has 2 rings (SSSR count). The fourth-order valence-corrected chi connectivity index (χ4v) is 1.85. The number of hydrogen-bond donors (Lipinski definition) is 2. The number of aromatic nitrogens is 1. The van der Waals surface area contributed by atoms with Crippen molar-refractivity contribution in [1.82, 2.24) is 15.6 Å². The largest absolute Gasteiger partial charge is 0.493 e. The van der Waals surface area contributed by atoms with Crippen molar-refractivity contribution in [1.29, 1.82) is 0 Å². The highest BCUT2D eigenvalue weighted by Crippen LogP contribution is 2.08. The third-order valence-corrected chi connectivity index (χ3v) is 3.02. The molecule has 0 unspecified atom stereocenters. The molecule has 0 spiro atoms. The van der Waals surface area contributed by atoms with E-state index in [1.807, 2.05) is 30.3 Å². The smallest absolute Gasteiger partial charge is 0.251 e. The molecule has 2 amide bonds. The fourth-order valence-electron chi connectivity index (χ4n) is 1.85. The molecule has 1 aromatic carbocycles. The molecule has 120 valence electrons. The van der Waals surface area contributed by atoms with Crippen LogP contribution >= 0.6 is 0 Å². The van der Waals surface area contributed by atoms with Gasteiger partial charge < -0.3 is 15.4 Å². The van der Waals surface area contributed by atoms with Crippen LogP contribution in [0.1, 0.15) is 16.8 Å². The maximum atomic E-state index is 11.7. The summed E-state index contributed by atoms with van der Waals surface area (Å²) in [5, 5.41) is 5.45. The van der Waals surface area contributed by atoms with Crippen molar-refractivity contribution in [2.45, 2.75) is 6.42 Å². The second kappa shape index (κ2) is 9.19. The van der Waals surface area contributed by atoms with Crippen LogP contribution in [0.5, 0.6) is 5.75 Å². The van der Waals surface area contributed by atoms with E-state index in [0.29, 0.717) is 25.3 Å². The Labute approximate surface area is 134 Å². The summed E-state index contributed by atoms with van der Waals surface area (Å²) in [6, 6.07) is 12.6. The lowest BCUT2D eigenvalue weighted by atomic mass is 10.2. The van der Waals surface area contributed by atoms with E-state index in [1.165, 1.54) is 0 Å². The standard InChI is InChI=1S/C17H19N3O3/c21-16(8-13-23-15-4-2-1-3-5-15)19-11-12-20-17(22)14-6-9-18-10-7-14/h1-7,9-10H,8,11-13H2,(H,19,21)(H,20,22). The molecule has 6 heteroatoms. The van der Waals surface area contributed by atoms with Crippen LogP contribution in [0.4, 0.5) is 0 Å². The number of rotatable bonds is 8. The molecule has 23 heavy (non-hydrogen) atoms. The third kappa shape index (κ3) is 6.17. The monoisotopic (exact) mass is 313 g/mol. The average Bonchev–Trinajstić information content (AvgIpc) is 2.60. The van der Waals surface area contributed by atoms with E-state index in [1.54, 1.807) is 24.5 Å². The molecule has 1 aromatic heterocycles. The molecule has 2 aromatic rings. The summed E-state index contributed by atoms with van der Waals surface area (Å²) in [5.74, 6) is 0.443. The van der Waals surface area contributed by atoms with Crippen LogP contribution in [0.2, 0.25) is 0 Å². The first-order valence-electron chi connectivity index (χ1n) is 7.38. The molecule has 0 radical (unpaired) electrons. The van der Waals surface area contributed by atoms with Crippen molar-refractivity contribution in [2.75, 3.05) is 19.7 Å². The lowest BCUT2D eigenvalue weighted by Crippen LogP contribution is -2.35. The number of carbonyl (C=O) groups is 2. The second-order valence-electron chi connectivity index (χ2n) is 4.75. The number of nitrogens with one attached hydrogen (secondary N) is 2. The van der Waals surface area contributed by atoms with Gasteiger partial charge in [-0.25, -0.2) is 0 Å². The lowest BCUT2D eigenvalue weighted by molar-refractivity contribution is -0.121. The van der Waals surface area contributed by atoms with Crippen molar-refractivity contribution in [3.63, 3.8) is 0 Å². The summed E-state index contributed by atoms with van der Waals surface area (Å²) >= 11 is 0. The van der Waals surface area contributed by atoms with Crippen LogP contribution in [0.25, 0.3) is 0 Å². The minimum atomic E-state index is -0.186. The number of ether oxygens (including phenoxy) is 1. The number of benzene rings is 1. The zero-order valence-electron chi connectivity index (χ0n) is 12.7. The van der Waals surface area contributed by atoms with E-state index in [-0.39, 0.29) is 18.2 Å². The summed E-state index contributed by atoms with van der Waals surface area (Å²) in [6.07, 6.45) is 3.39. The zero-order chi connectivity index (χ0) is 16.3. The maximum Gasteiger partial charge on any atom is 0.251 e. The Morgan fingerprint density at radius 2 is 1.65 bits per heavy atom. The Kier molecular flexibility index (Phi) is 6.59. The highest BCUT2D eigenvalue weighted by molar-refractivity contribution is 5.93. The van der Waals surface area contributed by atoms with Gasteiger partial charge in [-0.15, -0.1) is 0 Å². The Morgan fingerprint density at radius 3 is 2.39 bits per heavy atom. The van der Waals surface area contributed by atoms with E-state index >= 15 is 0 Å². The van der Waals surface area contributed by atoms with E-state index in [0.717, 1.165) is 5.75 Å².